The van der Waals surface area contributed by atoms with Gasteiger partial charge in [-0.2, -0.15) is 0 Å². The van der Waals surface area contributed by atoms with Crippen molar-refractivity contribution in [2.45, 2.75) is 25.9 Å². The summed E-state index contributed by atoms with van der Waals surface area (Å²) < 4.78 is 0. The second-order valence-corrected chi connectivity index (χ2v) is 4.28. The van der Waals surface area contributed by atoms with Gasteiger partial charge in [-0.1, -0.05) is 0 Å². The number of aliphatic hydroxyl groups is 1. The van der Waals surface area contributed by atoms with Gasteiger partial charge in [0.15, 0.2) is 0 Å². The Morgan fingerprint density at radius 1 is 1.59 bits per heavy atom. The lowest BCUT2D eigenvalue weighted by molar-refractivity contribution is 0.0313. The fourth-order valence-corrected chi connectivity index (χ4v) is 1.77. The Kier molecular flexibility index (Phi) is 3.23. The van der Waals surface area contributed by atoms with E-state index in [1.165, 1.54) is 6.20 Å². The zero-order valence-corrected chi connectivity index (χ0v) is 9.55. The number of carbonyl (C=O) groups is 1. The molecule has 92 valence electrons. The van der Waals surface area contributed by atoms with E-state index in [-0.39, 0.29) is 17.6 Å². The highest BCUT2D eigenvalue weighted by atomic mass is 16.4. The van der Waals surface area contributed by atoms with Crippen molar-refractivity contribution in [1.29, 1.82) is 0 Å². The minimum Gasteiger partial charge on any atom is -0.478 e. The summed E-state index contributed by atoms with van der Waals surface area (Å²) >= 11 is 0. The number of anilines is 1. The van der Waals surface area contributed by atoms with Crippen LogP contribution in [0.15, 0.2) is 6.20 Å². The molecule has 0 spiro atoms. The number of carboxylic acids is 1. The van der Waals surface area contributed by atoms with Crippen molar-refractivity contribution in [1.82, 2.24) is 9.97 Å². The van der Waals surface area contributed by atoms with E-state index in [0.717, 1.165) is 12.8 Å². The molecule has 1 aromatic heterocycles. The van der Waals surface area contributed by atoms with Gasteiger partial charge in [0.05, 0.1) is 17.4 Å². The van der Waals surface area contributed by atoms with Crippen molar-refractivity contribution in [2.24, 2.45) is 5.92 Å². The Morgan fingerprint density at radius 2 is 2.35 bits per heavy atom. The molecule has 1 aliphatic carbocycles. The molecule has 1 aromatic rings. The minimum atomic E-state index is -1.02. The quantitative estimate of drug-likeness (QED) is 0.712. The number of nitrogens with one attached hydrogen (secondary N) is 1. The standard InChI is InChI=1S/C11H15N3O3/c1-6-8(10(16)17)5-13-11(14-6)12-4-7-2-3-9(7)15/h5,7,9,15H,2-4H2,1H3,(H,16,17)(H,12,13,14)/t7-,9+/m0/s1. The monoisotopic (exact) mass is 237 g/mol. The van der Waals surface area contributed by atoms with Gasteiger partial charge in [-0.3, -0.25) is 0 Å². The Morgan fingerprint density at radius 3 is 2.82 bits per heavy atom. The average molecular weight is 237 g/mol. The molecule has 17 heavy (non-hydrogen) atoms. The summed E-state index contributed by atoms with van der Waals surface area (Å²) in [6.45, 7) is 2.25. The van der Waals surface area contributed by atoms with Crippen LogP contribution in [0.3, 0.4) is 0 Å². The molecule has 2 rings (SSSR count). The van der Waals surface area contributed by atoms with E-state index in [4.69, 9.17) is 5.11 Å². The van der Waals surface area contributed by atoms with Crippen molar-refractivity contribution in [2.75, 3.05) is 11.9 Å². The lowest BCUT2D eigenvalue weighted by atomic mass is 9.82. The van der Waals surface area contributed by atoms with Gasteiger partial charge < -0.3 is 15.5 Å². The van der Waals surface area contributed by atoms with Gasteiger partial charge in [0.25, 0.3) is 0 Å². The number of aromatic carboxylic acids is 1. The third-order valence-corrected chi connectivity index (χ3v) is 3.11. The number of carboxylic acid groups (broad SMARTS) is 1. The molecular weight excluding hydrogens is 222 g/mol. The predicted octanol–water partition coefficient (Wildman–Crippen LogP) is 0.666. The second kappa shape index (κ2) is 4.67. The third-order valence-electron chi connectivity index (χ3n) is 3.11. The molecule has 0 saturated heterocycles. The molecule has 1 aliphatic rings. The summed E-state index contributed by atoms with van der Waals surface area (Å²) in [6.07, 6.45) is 2.91. The van der Waals surface area contributed by atoms with Gasteiger partial charge in [0.1, 0.15) is 0 Å². The van der Waals surface area contributed by atoms with Crippen molar-refractivity contribution in [3.05, 3.63) is 17.5 Å². The van der Waals surface area contributed by atoms with Crippen molar-refractivity contribution >= 4 is 11.9 Å². The fraction of sp³-hybridized carbons (Fsp3) is 0.545. The molecular formula is C11H15N3O3. The topological polar surface area (TPSA) is 95.3 Å². The first-order chi connectivity index (χ1) is 8.08. The number of aryl methyl sites for hydroxylation is 1. The normalized spacial score (nSPS) is 22.9. The summed E-state index contributed by atoms with van der Waals surface area (Å²) in [6, 6.07) is 0. The van der Waals surface area contributed by atoms with Crippen LogP contribution >= 0.6 is 0 Å². The van der Waals surface area contributed by atoms with E-state index >= 15 is 0 Å². The van der Waals surface area contributed by atoms with E-state index in [1.54, 1.807) is 6.92 Å². The van der Waals surface area contributed by atoms with Crippen molar-refractivity contribution < 1.29 is 15.0 Å². The van der Waals surface area contributed by atoms with Crippen LogP contribution in [0.25, 0.3) is 0 Å². The van der Waals surface area contributed by atoms with E-state index in [0.29, 0.717) is 18.2 Å². The number of nitrogens with zero attached hydrogens (tertiary/aromatic N) is 2. The SMILES string of the molecule is Cc1nc(NC[C@@H]2CC[C@H]2O)ncc1C(=O)O. The molecule has 0 radical (unpaired) electrons. The van der Waals surface area contributed by atoms with Gasteiger partial charge in [0, 0.05) is 18.7 Å². The molecule has 1 saturated carbocycles. The molecule has 1 heterocycles. The summed E-state index contributed by atoms with van der Waals surface area (Å²) in [5.74, 6) is -0.367. The zero-order chi connectivity index (χ0) is 12.4. The maximum absolute atomic E-state index is 10.8. The first kappa shape index (κ1) is 11.8. The number of aromatic nitrogens is 2. The van der Waals surface area contributed by atoms with Crippen LogP contribution in [-0.2, 0) is 0 Å². The van der Waals surface area contributed by atoms with Gasteiger partial charge in [-0.05, 0) is 19.8 Å². The first-order valence-corrected chi connectivity index (χ1v) is 5.57. The summed E-state index contributed by atoms with van der Waals surface area (Å²) in [5.41, 5.74) is 0.545. The molecule has 0 bridgehead atoms. The van der Waals surface area contributed by atoms with E-state index in [1.807, 2.05) is 0 Å². The zero-order valence-electron chi connectivity index (χ0n) is 9.55. The highest BCUT2D eigenvalue weighted by Gasteiger charge is 2.28. The van der Waals surface area contributed by atoms with Gasteiger partial charge >= 0.3 is 5.97 Å². The van der Waals surface area contributed by atoms with Gasteiger partial charge in [-0.25, -0.2) is 14.8 Å². The van der Waals surface area contributed by atoms with E-state index < -0.39 is 5.97 Å². The van der Waals surface area contributed by atoms with Crippen LogP contribution in [0.5, 0.6) is 0 Å². The molecule has 0 unspecified atom stereocenters. The van der Waals surface area contributed by atoms with Crippen LogP contribution in [0.2, 0.25) is 0 Å². The minimum absolute atomic E-state index is 0.110. The number of hydrogen-bond donors (Lipinski definition) is 3. The lowest BCUT2D eigenvalue weighted by Gasteiger charge is -2.32. The summed E-state index contributed by atoms with van der Waals surface area (Å²) in [7, 11) is 0. The van der Waals surface area contributed by atoms with Crippen LogP contribution in [-0.4, -0.2) is 38.8 Å². The summed E-state index contributed by atoms with van der Waals surface area (Å²) in [4.78, 5) is 18.8. The van der Waals surface area contributed by atoms with Crippen LogP contribution < -0.4 is 5.32 Å². The molecule has 6 heteroatoms. The third kappa shape index (κ3) is 2.52. The average Bonchev–Trinajstić information content (AvgIpc) is 2.27. The highest BCUT2D eigenvalue weighted by molar-refractivity contribution is 5.88. The Hall–Kier alpha value is -1.69. The first-order valence-electron chi connectivity index (χ1n) is 5.57. The smallest absolute Gasteiger partial charge is 0.339 e. The maximum Gasteiger partial charge on any atom is 0.339 e. The van der Waals surface area contributed by atoms with E-state index in [2.05, 4.69) is 15.3 Å². The maximum atomic E-state index is 10.8. The predicted molar refractivity (Wildman–Crippen MR) is 60.9 cm³/mol. The molecule has 0 aromatic carbocycles. The Labute approximate surface area is 98.7 Å². The lowest BCUT2D eigenvalue weighted by Crippen LogP contribution is -2.36. The Bertz CT molecular complexity index is 436. The van der Waals surface area contributed by atoms with E-state index in [9.17, 15) is 9.90 Å². The molecule has 6 nitrogen and oxygen atoms in total. The molecule has 2 atom stereocenters. The summed E-state index contributed by atoms with van der Waals surface area (Å²) in [5, 5.41) is 21.2. The van der Waals surface area contributed by atoms with Crippen LogP contribution in [0, 0.1) is 12.8 Å². The molecule has 3 N–H and O–H groups in total. The Balaban J connectivity index is 1.97. The van der Waals surface area contributed by atoms with Crippen LogP contribution in [0.4, 0.5) is 5.95 Å². The number of aliphatic hydroxyl groups excluding tert-OH is 1. The van der Waals surface area contributed by atoms with Gasteiger partial charge in [0.2, 0.25) is 5.95 Å². The number of rotatable bonds is 4. The molecule has 1 fully saturated rings. The molecule has 0 aliphatic heterocycles. The largest absolute Gasteiger partial charge is 0.478 e. The molecule has 0 amide bonds. The van der Waals surface area contributed by atoms with Crippen LogP contribution in [0.1, 0.15) is 28.9 Å². The second-order valence-electron chi connectivity index (χ2n) is 4.28. The van der Waals surface area contributed by atoms with Crippen molar-refractivity contribution in [3.63, 3.8) is 0 Å². The highest BCUT2D eigenvalue weighted by Crippen LogP contribution is 2.26. The van der Waals surface area contributed by atoms with Gasteiger partial charge in [-0.15, -0.1) is 0 Å². The number of hydrogen-bond acceptors (Lipinski definition) is 5. The van der Waals surface area contributed by atoms with Crippen molar-refractivity contribution in [3.8, 4) is 0 Å². The fourth-order valence-electron chi connectivity index (χ4n) is 1.77.